The highest BCUT2D eigenvalue weighted by Crippen LogP contribution is 2.36. The SMILES string of the molecule is C[C@H](NC(=O)OCc1ccccc1)C(=O)c1cc2c(cc1N)OCO2. The van der Waals surface area contributed by atoms with Gasteiger partial charge in [0.15, 0.2) is 17.3 Å². The minimum absolute atomic E-state index is 0.0893. The van der Waals surface area contributed by atoms with Crippen molar-refractivity contribution >= 4 is 17.6 Å². The van der Waals surface area contributed by atoms with Gasteiger partial charge in [0, 0.05) is 17.3 Å². The van der Waals surface area contributed by atoms with Crippen molar-refractivity contribution in [3.05, 3.63) is 53.6 Å². The van der Waals surface area contributed by atoms with Gasteiger partial charge in [0.1, 0.15) is 6.61 Å². The molecule has 7 nitrogen and oxygen atoms in total. The highest BCUT2D eigenvalue weighted by atomic mass is 16.7. The summed E-state index contributed by atoms with van der Waals surface area (Å²) in [6.07, 6.45) is -0.677. The van der Waals surface area contributed by atoms with E-state index in [9.17, 15) is 9.59 Å². The number of ether oxygens (including phenoxy) is 3. The summed E-state index contributed by atoms with van der Waals surface area (Å²) in [7, 11) is 0. The lowest BCUT2D eigenvalue weighted by Gasteiger charge is -2.14. The number of fused-ring (bicyclic) bond motifs is 1. The number of nitrogens with two attached hydrogens (primary N) is 1. The largest absolute Gasteiger partial charge is 0.454 e. The number of ketones is 1. The summed E-state index contributed by atoms with van der Waals surface area (Å²) >= 11 is 0. The smallest absolute Gasteiger partial charge is 0.408 e. The van der Waals surface area contributed by atoms with E-state index < -0.39 is 12.1 Å². The van der Waals surface area contributed by atoms with Gasteiger partial charge in [-0.15, -0.1) is 0 Å². The third-order valence-electron chi connectivity index (χ3n) is 3.75. The van der Waals surface area contributed by atoms with E-state index in [1.54, 1.807) is 6.92 Å². The van der Waals surface area contributed by atoms with Gasteiger partial charge in [-0.1, -0.05) is 30.3 Å². The third-order valence-corrected chi connectivity index (χ3v) is 3.75. The number of Topliss-reactive ketones (excluding diaryl/α,β-unsaturated/α-hetero) is 1. The van der Waals surface area contributed by atoms with Gasteiger partial charge < -0.3 is 25.3 Å². The van der Waals surface area contributed by atoms with Crippen LogP contribution in [0.25, 0.3) is 0 Å². The predicted octanol–water partition coefficient (Wildman–Crippen LogP) is 2.50. The summed E-state index contributed by atoms with van der Waals surface area (Å²) in [6.45, 7) is 1.78. The molecule has 1 aliphatic heterocycles. The summed E-state index contributed by atoms with van der Waals surface area (Å²) in [4.78, 5) is 24.4. The fraction of sp³-hybridized carbons (Fsp3) is 0.222. The van der Waals surface area contributed by atoms with Crippen molar-refractivity contribution < 1.29 is 23.8 Å². The molecule has 1 aliphatic rings. The molecule has 0 radical (unpaired) electrons. The average Bonchev–Trinajstić information content (AvgIpc) is 3.06. The number of alkyl carbamates (subject to hydrolysis) is 1. The second kappa shape index (κ2) is 7.12. The number of nitrogens with one attached hydrogen (secondary N) is 1. The molecule has 130 valence electrons. The molecule has 1 heterocycles. The number of carbonyl (C=O) groups excluding carboxylic acids is 2. The number of anilines is 1. The highest BCUT2D eigenvalue weighted by Gasteiger charge is 2.24. The van der Waals surface area contributed by atoms with Crippen LogP contribution in [0.2, 0.25) is 0 Å². The number of amides is 1. The second-order valence-electron chi connectivity index (χ2n) is 5.58. The summed E-state index contributed by atoms with van der Waals surface area (Å²) in [5, 5.41) is 2.51. The van der Waals surface area contributed by atoms with E-state index in [-0.39, 0.29) is 30.4 Å². The van der Waals surface area contributed by atoms with E-state index in [0.29, 0.717) is 11.5 Å². The van der Waals surface area contributed by atoms with E-state index in [2.05, 4.69) is 5.32 Å². The van der Waals surface area contributed by atoms with Crippen LogP contribution in [0.1, 0.15) is 22.8 Å². The van der Waals surface area contributed by atoms with Crippen molar-refractivity contribution in [1.29, 1.82) is 0 Å². The lowest BCUT2D eigenvalue weighted by molar-refractivity contribution is 0.0927. The normalized spacial score (nSPS) is 13.2. The number of nitrogen functional groups attached to an aromatic ring is 1. The first-order valence-electron chi connectivity index (χ1n) is 7.75. The Morgan fingerprint density at radius 1 is 1.20 bits per heavy atom. The van der Waals surface area contributed by atoms with Crippen molar-refractivity contribution in [2.45, 2.75) is 19.6 Å². The molecule has 0 bridgehead atoms. The van der Waals surface area contributed by atoms with Gasteiger partial charge in [-0.3, -0.25) is 4.79 Å². The van der Waals surface area contributed by atoms with Crippen LogP contribution in [0.5, 0.6) is 11.5 Å². The van der Waals surface area contributed by atoms with Gasteiger partial charge in [-0.05, 0) is 18.6 Å². The van der Waals surface area contributed by atoms with Crippen LogP contribution in [0, 0.1) is 0 Å². The molecule has 0 unspecified atom stereocenters. The van der Waals surface area contributed by atoms with Crippen LogP contribution in [-0.2, 0) is 11.3 Å². The van der Waals surface area contributed by atoms with Gasteiger partial charge in [-0.2, -0.15) is 0 Å². The molecule has 0 saturated heterocycles. The summed E-state index contributed by atoms with van der Waals surface area (Å²) in [5.41, 5.74) is 7.28. The van der Waals surface area contributed by atoms with Crippen molar-refractivity contribution in [3.63, 3.8) is 0 Å². The lowest BCUT2D eigenvalue weighted by Crippen LogP contribution is -2.39. The van der Waals surface area contributed by atoms with Crippen LogP contribution in [-0.4, -0.2) is 24.7 Å². The predicted molar refractivity (Wildman–Crippen MR) is 90.5 cm³/mol. The molecule has 0 saturated carbocycles. The van der Waals surface area contributed by atoms with E-state index >= 15 is 0 Å². The molecule has 7 heteroatoms. The molecule has 1 atom stereocenters. The molecule has 25 heavy (non-hydrogen) atoms. The van der Waals surface area contributed by atoms with Crippen molar-refractivity contribution in [1.82, 2.24) is 5.32 Å². The van der Waals surface area contributed by atoms with E-state index in [1.807, 2.05) is 30.3 Å². The fourth-order valence-corrected chi connectivity index (χ4v) is 2.41. The minimum atomic E-state index is -0.800. The number of carbonyl (C=O) groups is 2. The Labute approximate surface area is 144 Å². The maximum absolute atomic E-state index is 12.5. The summed E-state index contributed by atoms with van der Waals surface area (Å²) < 4.78 is 15.6. The Hall–Kier alpha value is -3.22. The maximum Gasteiger partial charge on any atom is 0.408 e. The molecule has 1 amide bonds. The molecule has 0 fully saturated rings. The second-order valence-corrected chi connectivity index (χ2v) is 5.58. The van der Waals surface area contributed by atoms with E-state index in [1.165, 1.54) is 12.1 Å². The first-order chi connectivity index (χ1) is 12.0. The quantitative estimate of drug-likeness (QED) is 0.640. The molecule has 3 N–H and O–H groups in total. The van der Waals surface area contributed by atoms with Crippen molar-refractivity contribution in [2.24, 2.45) is 0 Å². The number of rotatable bonds is 5. The molecular weight excluding hydrogens is 324 g/mol. The molecule has 2 aromatic rings. The summed E-state index contributed by atoms with van der Waals surface area (Å²) in [6, 6.07) is 11.5. The topological polar surface area (TPSA) is 99.9 Å². The van der Waals surface area contributed by atoms with Gasteiger partial charge in [0.25, 0.3) is 0 Å². The first-order valence-corrected chi connectivity index (χ1v) is 7.75. The van der Waals surface area contributed by atoms with Crippen LogP contribution in [0.15, 0.2) is 42.5 Å². The van der Waals surface area contributed by atoms with Crippen molar-refractivity contribution in [2.75, 3.05) is 12.5 Å². The Balaban J connectivity index is 1.60. The van der Waals surface area contributed by atoms with Gasteiger partial charge in [0.05, 0.1) is 6.04 Å². The third kappa shape index (κ3) is 3.82. The van der Waals surface area contributed by atoms with E-state index in [4.69, 9.17) is 19.9 Å². The van der Waals surface area contributed by atoms with Gasteiger partial charge in [-0.25, -0.2) is 4.79 Å². The van der Waals surface area contributed by atoms with E-state index in [0.717, 1.165) is 5.56 Å². The van der Waals surface area contributed by atoms with Gasteiger partial charge >= 0.3 is 6.09 Å². The molecule has 3 rings (SSSR count). The highest BCUT2D eigenvalue weighted by molar-refractivity contribution is 6.05. The Bertz CT molecular complexity index is 792. The number of hydrogen-bond acceptors (Lipinski definition) is 6. The first kappa shape index (κ1) is 16.6. The van der Waals surface area contributed by atoms with Crippen LogP contribution >= 0.6 is 0 Å². The van der Waals surface area contributed by atoms with Crippen LogP contribution in [0.4, 0.5) is 10.5 Å². The fourth-order valence-electron chi connectivity index (χ4n) is 2.41. The molecular formula is C18H18N2O5. The minimum Gasteiger partial charge on any atom is -0.454 e. The molecule has 0 aromatic heterocycles. The van der Waals surface area contributed by atoms with Crippen LogP contribution in [0.3, 0.4) is 0 Å². The van der Waals surface area contributed by atoms with Gasteiger partial charge in [0.2, 0.25) is 6.79 Å². The molecule has 0 spiro atoms. The Kier molecular flexibility index (Phi) is 4.74. The monoisotopic (exact) mass is 342 g/mol. The Morgan fingerprint density at radius 2 is 1.88 bits per heavy atom. The zero-order chi connectivity index (χ0) is 17.8. The zero-order valence-electron chi connectivity index (χ0n) is 13.7. The van der Waals surface area contributed by atoms with Crippen LogP contribution < -0.4 is 20.5 Å². The number of hydrogen-bond donors (Lipinski definition) is 2. The zero-order valence-corrected chi connectivity index (χ0v) is 13.7. The molecule has 0 aliphatic carbocycles. The average molecular weight is 342 g/mol. The Morgan fingerprint density at radius 3 is 2.60 bits per heavy atom. The molecule has 2 aromatic carbocycles. The standard InChI is InChI=1S/C18H18N2O5/c1-11(20-18(22)23-9-12-5-3-2-4-6-12)17(21)13-7-15-16(8-14(13)19)25-10-24-15/h2-8,11H,9-10,19H2,1H3,(H,20,22)/t11-/m0/s1. The summed E-state index contributed by atoms with van der Waals surface area (Å²) in [5.74, 6) is 0.612. The van der Waals surface area contributed by atoms with Crippen molar-refractivity contribution in [3.8, 4) is 11.5 Å². The lowest BCUT2D eigenvalue weighted by atomic mass is 10.0. The number of benzene rings is 2. The maximum atomic E-state index is 12.5.